The number of halogens is 3. The summed E-state index contributed by atoms with van der Waals surface area (Å²) in [5, 5.41) is 8.68. The van der Waals surface area contributed by atoms with E-state index >= 15 is 0 Å². The van der Waals surface area contributed by atoms with Crippen molar-refractivity contribution in [3.63, 3.8) is 0 Å². The van der Waals surface area contributed by atoms with Crippen LogP contribution in [-0.4, -0.2) is 24.4 Å². The van der Waals surface area contributed by atoms with Gasteiger partial charge in [-0.1, -0.05) is 6.07 Å². The van der Waals surface area contributed by atoms with E-state index in [1.807, 2.05) is 6.07 Å². The molecule has 0 saturated carbocycles. The Morgan fingerprint density at radius 3 is 2.60 bits per heavy atom. The van der Waals surface area contributed by atoms with E-state index in [2.05, 4.69) is 0 Å². The number of nitrogens with zero attached hydrogens (tertiary/aromatic N) is 2. The van der Waals surface area contributed by atoms with E-state index in [4.69, 9.17) is 11.0 Å². The molecule has 0 fully saturated rings. The Bertz CT molecular complexity index is 549. The molecule has 0 aliphatic heterocycles. The number of nitrogens with two attached hydrogens (primary N) is 1. The highest BCUT2D eigenvalue weighted by molar-refractivity contribution is 5.99. The summed E-state index contributed by atoms with van der Waals surface area (Å²) < 4.78 is 38.1. The molecule has 0 aliphatic rings. The first-order valence-corrected chi connectivity index (χ1v) is 5.79. The fourth-order valence-corrected chi connectivity index (χ4v) is 1.74. The molecule has 1 atom stereocenters. The molecule has 20 heavy (non-hydrogen) atoms. The summed E-state index contributed by atoms with van der Waals surface area (Å²) in [7, 11) is 1.41. The maximum absolute atomic E-state index is 12.7. The zero-order valence-corrected chi connectivity index (χ0v) is 11.0. The van der Waals surface area contributed by atoms with Crippen LogP contribution in [0.5, 0.6) is 0 Å². The third kappa shape index (κ3) is 3.41. The van der Waals surface area contributed by atoms with Crippen molar-refractivity contribution in [3.8, 4) is 6.07 Å². The molecule has 1 aromatic rings. The number of para-hydroxylation sites is 1. The number of nitriles is 1. The number of amides is 1. The SMILES string of the molecule is CC(C#N)CN(C)C(=O)c1cccc(C(F)(F)F)c1N. The molecule has 0 radical (unpaired) electrons. The lowest BCUT2D eigenvalue weighted by Crippen LogP contribution is -2.31. The first kappa shape index (κ1) is 15.8. The molecule has 0 aliphatic carbocycles. The maximum Gasteiger partial charge on any atom is 0.418 e. The van der Waals surface area contributed by atoms with Gasteiger partial charge in [-0.3, -0.25) is 4.79 Å². The zero-order chi connectivity index (χ0) is 15.5. The van der Waals surface area contributed by atoms with Crippen molar-refractivity contribution in [3.05, 3.63) is 29.3 Å². The Morgan fingerprint density at radius 1 is 1.50 bits per heavy atom. The number of anilines is 1. The zero-order valence-electron chi connectivity index (χ0n) is 11.0. The molecule has 1 unspecified atom stereocenters. The Kier molecular flexibility index (Phi) is 4.61. The molecular weight excluding hydrogens is 271 g/mol. The van der Waals surface area contributed by atoms with Gasteiger partial charge >= 0.3 is 6.18 Å². The second kappa shape index (κ2) is 5.82. The number of carbonyl (C=O) groups excluding carboxylic acids is 1. The van der Waals surface area contributed by atoms with Crippen LogP contribution < -0.4 is 5.73 Å². The largest absolute Gasteiger partial charge is 0.418 e. The van der Waals surface area contributed by atoms with Gasteiger partial charge in [-0.2, -0.15) is 18.4 Å². The van der Waals surface area contributed by atoms with Crippen molar-refractivity contribution in [1.82, 2.24) is 4.90 Å². The van der Waals surface area contributed by atoms with E-state index in [-0.39, 0.29) is 12.1 Å². The molecule has 0 bridgehead atoms. The van der Waals surface area contributed by atoms with Crippen LogP contribution in [0.3, 0.4) is 0 Å². The molecule has 1 amide bonds. The van der Waals surface area contributed by atoms with E-state index in [0.717, 1.165) is 12.1 Å². The fourth-order valence-electron chi connectivity index (χ4n) is 1.74. The minimum atomic E-state index is -4.61. The first-order valence-electron chi connectivity index (χ1n) is 5.79. The van der Waals surface area contributed by atoms with Gasteiger partial charge in [0.15, 0.2) is 0 Å². The van der Waals surface area contributed by atoms with Crippen molar-refractivity contribution in [1.29, 1.82) is 5.26 Å². The second-order valence-electron chi connectivity index (χ2n) is 4.48. The topological polar surface area (TPSA) is 70.1 Å². The van der Waals surface area contributed by atoms with Crippen LogP contribution in [0.25, 0.3) is 0 Å². The number of alkyl halides is 3. The van der Waals surface area contributed by atoms with Gasteiger partial charge in [0, 0.05) is 13.6 Å². The highest BCUT2D eigenvalue weighted by atomic mass is 19.4. The lowest BCUT2D eigenvalue weighted by Gasteiger charge is -2.20. The van der Waals surface area contributed by atoms with Crippen LogP contribution in [0.15, 0.2) is 18.2 Å². The minimum absolute atomic E-state index is 0.116. The van der Waals surface area contributed by atoms with E-state index < -0.39 is 29.3 Å². The van der Waals surface area contributed by atoms with E-state index in [9.17, 15) is 18.0 Å². The van der Waals surface area contributed by atoms with Gasteiger partial charge in [0.25, 0.3) is 5.91 Å². The Balaban J connectivity index is 3.09. The quantitative estimate of drug-likeness (QED) is 0.867. The van der Waals surface area contributed by atoms with Gasteiger partial charge in [0.05, 0.1) is 28.8 Å². The summed E-state index contributed by atoms with van der Waals surface area (Å²) in [4.78, 5) is 13.2. The first-order chi connectivity index (χ1) is 9.18. The van der Waals surface area contributed by atoms with Crippen LogP contribution in [0.1, 0.15) is 22.8 Å². The van der Waals surface area contributed by atoms with Gasteiger partial charge in [-0.15, -0.1) is 0 Å². The lowest BCUT2D eigenvalue weighted by atomic mass is 10.1. The molecule has 1 aromatic carbocycles. The molecule has 0 aromatic heterocycles. The highest BCUT2D eigenvalue weighted by Gasteiger charge is 2.34. The highest BCUT2D eigenvalue weighted by Crippen LogP contribution is 2.35. The third-order valence-corrected chi connectivity index (χ3v) is 2.76. The number of carbonyl (C=O) groups is 1. The van der Waals surface area contributed by atoms with Crippen molar-refractivity contribution in [2.45, 2.75) is 13.1 Å². The summed E-state index contributed by atoms with van der Waals surface area (Å²) in [6.45, 7) is 1.73. The Labute approximate surface area is 114 Å². The summed E-state index contributed by atoms with van der Waals surface area (Å²) in [6, 6.07) is 5.14. The molecule has 7 heteroatoms. The fraction of sp³-hybridized carbons (Fsp3) is 0.385. The average Bonchev–Trinajstić information content (AvgIpc) is 2.36. The van der Waals surface area contributed by atoms with Gasteiger partial charge in [-0.05, 0) is 19.1 Å². The van der Waals surface area contributed by atoms with Crippen LogP contribution >= 0.6 is 0 Å². The smallest absolute Gasteiger partial charge is 0.398 e. The Morgan fingerprint density at radius 2 is 2.10 bits per heavy atom. The predicted octanol–water partition coefficient (Wildman–Crippen LogP) is 2.52. The number of benzene rings is 1. The maximum atomic E-state index is 12.7. The molecule has 0 saturated heterocycles. The number of rotatable bonds is 3. The van der Waals surface area contributed by atoms with Crippen molar-refractivity contribution in [2.24, 2.45) is 5.92 Å². The molecule has 0 spiro atoms. The summed E-state index contributed by atoms with van der Waals surface area (Å²) in [5.41, 5.74) is 3.59. The van der Waals surface area contributed by atoms with Crippen LogP contribution in [0.4, 0.5) is 18.9 Å². The predicted molar refractivity (Wildman–Crippen MR) is 67.6 cm³/mol. The number of hydrogen-bond donors (Lipinski definition) is 1. The third-order valence-electron chi connectivity index (χ3n) is 2.76. The van der Waals surface area contributed by atoms with Crippen molar-refractivity contribution >= 4 is 11.6 Å². The van der Waals surface area contributed by atoms with Crippen LogP contribution in [0, 0.1) is 17.2 Å². The van der Waals surface area contributed by atoms with Gasteiger partial charge in [-0.25, -0.2) is 0 Å². The summed E-state index contributed by atoms with van der Waals surface area (Å²) in [5.74, 6) is -1.06. The standard InChI is InChI=1S/C13H14F3N3O/c1-8(6-17)7-19(2)12(20)9-4-3-5-10(11(9)18)13(14,15)16/h3-5,8H,7,18H2,1-2H3. The normalized spacial score (nSPS) is 12.6. The Hall–Kier alpha value is -2.23. The lowest BCUT2D eigenvalue weighted by molar-refractivity contribution is -0.136. The average molecular weight is 285 g/mol. The second-order valence-corrected chi connectivity index (χ2v) is 4.48. The van der Waals surface area contributed by atoms with Crippen LogP contribution in [-0.2, 0) is 6.18 Å². The monoisotopic (exact) mass is 285 g/mol. The van der Waals surface area contributed by atoms with Crippen molar-refractivity contribution in [2.75, 3.05) is 19.3 Å². The molecule has 4 nitrogen and oxygen atoms in total. The summed E-state index contributed by atoms with van der Waals surface area (Å²) >= 11 is 0. The molecule has 2 N–H and O–H groups in total. The van der Waals surface area contributed by atoms with E-state index in [1.165, 1.54) is 18.0 Å². The summed E-state index contributed by atoms with van der Waals surface area (Å²) in [6.07, 6.45) is -4.61. The molecule has 0 heterocycles. The van der Waals surface area contributed by atoms with Gasteiger partial charge in [0.1, 0.15) is 0 Å². The van der Waals surface area contributed by atoms with E-state index in [1.54, 1.807) is 6.92 Å². The number of nitrogen functional groups attached to an aromatic ring is 1. The van der Waals surface area contributed by atoms with E-state index in [0.29, 0.717) is 0 Å². The van der Waals surface area contributed by atoms with Crippen LogP contribution in [0.2, 0.25) is 0 Å². The van der Waals surface area contributed by atoms with Crippen molar-refractivity contribution < 1.29 is 18.0 Å². The van der Waals surface area contributed by atoms with Gasteiger partial charge < -0.3 is 10.6 Å². The number of hydrogen-bond acceptors (Lipinski definition) is 3. The molecule has 108 valence electrons. The minimum Gasteiger partial charge on any atom is -0.398 e. The van der Waals surface area contributed by atoms with Gasteiger partial charge in [0.2, 0.25) is 0 Å². The molecular formula is C13H14F3N3O. The molecule has 1 rings (SSSR count).